The number of halogens is 1. The van der Waals surface area contributed by atoms with Gasteiger partial charge in [-0.15, -0.1) is 11.3 Å². The second-order valence-corrected chi connectivity index (χ2v) is 11.0. The number of hydrogen-bond acceptors (Lipinski definition) is 5. The molecule has 4 rings (SSSR count). The number of carbonyl (C=O) groups is 1. The lowest BCUT2D eigenvalue weighted by molar-refractivity contribution is -0.117. The van der Waals surface area contributed by atoms with E-state index < -0.39 is 0 Å². The number of amides is 1. The number of rotatable bonds is 6. The van der Waals surface area contributed by atoms with E-state index in [-0.39, 0.29) is 23.7 Å². The third kappa shape index (κ3) is 5.07. The minimum absolute atomic E-state index is 0.0881. The zero-order chi connectivity index (χ0) is 23.6. The molecule has 1 atom stereocenters. The minimum Gasteiger partial charge on any atom is -0.367 e. The Morgan fingerprint density at radius 1 is 1.27 bits per heavy atom. The molecule has 7 heteroatoms. The largest absolute Gasteiger partial charge is 0.367 e. The molecule has 0 spiro atoms. The van der Waals surface area contributed by atoms with E-state index >= 15 is 0 Å². The first kappa shape index (κ1) is 23.7. The van der Waals surface area contributed by atoms with E-state index in [0.29, 0.717) is 48.3 Å². The maximum Gasteiger partial charge on any atom is 0.239 e. The summed E-state index contributed by atoms with van der Waals surface area (Å²) in [5.41, 5.74) is 2.69. The molecule has 1 aromatic carbocycles. The molecule has 1 amide bonds. The van der Waals surface area contributed by atoms with Gasteiger partial charge >= 0.3 is 0 Å². The average molecular weight is 469 g/mol. The molecule has 2 heterocycles. The van der Waals surface area contributed by atoms with Crippen molar-refractivity contribution >= 4 is 27.9 Å². The van der Waals surface area contributed by atoms with Crippen LogP contribution in [0.25, 0.3) is 0 Å². The Hall–Kier alpha value is -2.43. The molecule has 0 saturated carbocycles. The number of para-hydroxylation sites is 1. The van der Waals surface area contributed by atoms with Crippen LogP contribution < -0.4 is 10.2 Å². The number of nitriles is 1. The summed E-state index contributed by atoms with van der Waals surface area (Å²) in [6.45, 7) is 9.94. The van der Waals surface area contributed by atoms with Crippen LogP contribution in [0.15, 0.2) is 24.3 Å². The summed E-state index contributed by atoms with van der Waals surface area (Å²) in [5.74, 6) is 0.309. The average Bonchev–Trinajstić information content (AvgIpc) is 3.16. The summed E-state index contributed by atoms with van der Waals surface area (Å²) in [5, 5.41) is 13.5. The van der Waals surface area contributed by atoms with Gasteiger partial charge in [0.25, 0.3) is 0 Å². The fraction of sp³-hybridized carbons (Fsp3) is 0.538. The number of thiophene rings is 1. The number of fused-ring (bicyclic) bond motifs is 1. The van der Waals surface area contributed by atoms with E-state index in [4.69, 9.17) is 0 Å². The van der Waals surface area contributed by atoms with Crippen LogP contribution in [0.2, 0.25) is 0 Å². The molecule has 0 radical (unpaired) electrons. The summed E-state index contributed by atoms with van der Waals surface area (Å²) in [6, 6.07) is 9.17. The van der Waals surface area contributed by atoms with Gasteiger partial charge in [-0.1, -0.05) is 39.3 Å². The Kier molecular flexibility index (Phi) is 7.06. The SMILES string of the molecule is CCC(C)(C)C1CCc2c(sc(NC(=O)CN3CCN(c4ccccc4F)CC3)c2C#N)C1. The highest BCUT2D eigenvalue weighted by Crippen LogP contribution is 2.45. The standard InChI is InChI=1S/C26H33FN4OS/c1-4-26(2,3)18-9-10-19-20(16-28)25(33-23(19)15-18)29-24(32)17-30-11-13-31(14-12-30)22-8-6-5-7-21(22)27/h5-8,18H,4,9-15,17H2,1-3H3,(H,29,32). The summed E-state index contributed by atoms with van der Waals surface area (Å²) in [7, 11) is 0. The topological polar surface area (TPSA) is 59.4 Å². The maximum atomic E-state index is 14.1. The van der Waals surface area contributed by atoms with Crippen LogP contribution in [-0.4, -0.2) is 43.5 Å². The second-order valence-electron chi connectivity index (χ2n) is 9.86. The lowest BCUT2D eigenvalue weighted by atomic mass is 9.69. The molecular formula is C26H33FN4OS. The Bertz CT molecular complexity index is 1050. The Morgan fingerprint density at radius 2 is 2.00 bits per heavy atom. The molecule has 1 N–H and O–H groups in total. The first-order valence-electron chi connectivity index (χ1n) is 11.9. The van der Waals surface area contributed by atoms with Gasteiger partial charge in [0.05, 0.1) is 17.8 Å². The molecule has 2 aliphatic rings. The lowest BCUT2D eigenvalue weighted by Crippen LogP contribution is -2.48. The van der Waals surface area contributed by atoms with E-state index in [1.165, 1.54) is 10.9 Å². The molecule has 2 aromatic rings. The maximum absolute atomic E-state index is 14.1. The first-order chi connectivity index (χ1) is 15.8. The quantitative estimate of drug-likeness (QED) is 0.644. The number of nitrogens with one attached hydrogen (secondary N) is 1. The number of hydrogen-bond donors (Lipinski definition) is 1. The minimum atomic E-state index is -0.209. The van der Waals surface area contributed by atoms with E-state index in [1.54, 1.807) is 23.5 Å². The summed E-state index contributed by atoms with van der Waals surface area (Å²) in [6.07, 6.45) is 4.14. The van der Waals surface area contributed by atoms with Gasteiger partial charge in [0.15, 0.2) is 0 Å². The number of anilines is 2. The normalized spacial score (nSPS) is 19.1. The number of piperazine rings is 1. The van der Waals surface area contributed by atoms with E-state index in [2.05, 4.69) is 37.1 Å². The van der Waals surface area contributed by atoms with Crippen molar-refractivity contribution < 1.29 is 9.18 Å². The smallest absolute Gasteiger partial charge is 0.239 e. The molecule has 1 aromatic heterocycles. The van der Waals surface area contributed by atoms with Crippen LogP contribution in [-0.2, 0) is 17.6 Å². The van der Waals surface area contributed by atoms with Crippen molar-refractivity contribution in [1.29, 1.82) is 5.26 Å². The zero-order valence-corrected chi connectivity index (χ0v) is 20.6. The van der Waals surface area contributed by atoms with Gasteiger partial charge < -0.3 is 10.2 Å². The Balaban J connectivity index is 1.36. The Labute approximate surface area is 200 Å². The van der Waals surface area contributed by atoms with Gasteiger partial charge in [-0.3, -0.25) is 9.69 Å². The molecule has 1 aliphatic heterocycles. The predicted molar refractivity (Wildman–Crippen MR) is 132 cm³/mol. The number of nitrogens with zero attached hydrogens (tertiary/aromatic N) is 3. The highest BCUT2D eigenvalue weighted by atomic mass is 32.1. The van der Waals surface area contributed by atoms with Gasteiger partial charge in [0, 0.05) is 31.1 Å². The van der Waals surface area contributed by atoms with Crippen LogP contribution in [0.3, 0.4) is 0 Å². The first-order valence-corrected chi connectivity index (χ1v) is 12.7. The van der Waals surface area contributed by atoms with Gasteiger partial charge in [0.2, 0.25) is 5.91 Å². The molecule has 33 heavy (non-hydrogen) atoms. The molecule has 1 aliphatic carbocycles. The monoisotopic (exact) mass is 468 g/mol. The summed E-state index contributed by atoms with van der Waals surface area (Å²) < 4.78 is 14.1. The van der Waals surface area contributed by atoms with Crippen molar-refractivity contribution in [2.24, 2.45) is 11.3 Å². The van der Waals surface area contributed by atoms with Gasteiger partial charge in [-0.2, -0.15) is 5.26 Å². The van der Waals surface area contributed by atoms with Crippen molar-refractivity contribution in [2.45, 2.75) is 46.5 Å². The van der Waals surface area contributed by atoms with Crippen molar-refractivity contribution in [3.63, 3.8) is 0 Å². The molecule has 1 unspecified atom stereocenters. The van der Waals surface area contributed by atoms with Crippen LogP contribution in [0.1, 0.15) is 49.6 Å². The predicted octanol–water partition coefficient (Wildman–Crippen LogP) is 5.06. The highest BCUT2D eigenvalue weighted by Gasteiger charge is 2.34. The fourth-order valence-corrected chi connectivity index (χ4v) is 6.27. The van der Waals surface area contributed by atoms with Gasteiger partial charge in [-0.05, 0) is 48.3 Å². The third-order valence-electron chi connectivity index (χ3n) is 7.58. The van der Waals surface area contributed by atoms with E-state index in [0.717, 1.165) is 31.2 Å². The molecule has 5 nitrogen and oxygen atoms in total. The van der Waals surface area contributed by atoms with E-state index in [9.17, 15) is 14.4 Å². The van der Waals surface area contributed by atoms with Crippen LogP contribution in [0.4, 0.5) is 15.1 Å². The van der Waals surface area contributed by atoms with E-state index in [1.807, 2.05) is 11.0 Å². The fourth-order valence-electron chi connectivity index (χ4n) is 4.97. The summed E-state index contributed by atoms with van der Waals surface area (Å²) >= 11 is 1.58. The molecule has 1 saturated heterocycles. The third-order valence-corrected chi connectivity index (χ3v) is 8.75. The number of carbonyl (C=O) groups excluding carboxylic acids is 1. The van der Waals surface area contributed by atoms with Crippen molar-refractivity contribution in [3.8, 4) is 6.07 Å². The van der Waals surface area contributed by atoms with Crippen LogP contribution in [0.5, 0.6) is 0 Å². The van der Waals surface area contributed by atoms with Crippen LogP contribution >= 0.6 is 11.3 Å². The molecular weight excluding hydrogens is 435 g/mol. The van der Waals surface area contributed by atoms with Gasteiger partial charge in [0.1, 0.15) is 16.9 Å². The van der Waals surface area contributed by atoms with Crippen molar-refractivity contribution in [1.82, 2.24) is 4.90 Å². The summed E-state index contributed by atoms with van der Waals surface area (Å²) in [4.78, 5) is 18.2. The van der Waals surface area contributed by atoms with Crippen molar-refractivity contribution in [3.05, 3.63) is 46.1 Å². The van der Waals surface area contributed by atoms with Crippen LogP contribution in [0, 0.1) is 28.5 Å². The Morgan fingerprint density at radius 3 is 2.67 bits per heavy atom. The van der Waals surface area contributed by atoms with Crippen molar-refractivity contribution in [2.75, 3.05) is 42.9 Å². The molecule has 1 fully saturated rings. The second kappa shape index (κ2) is 9.82. The lowest BCUT2D eigenvalue weighted by Gasteiger charge is -2.36. The zero-order valence-electron chi connectivity index (χ0n) is 19.8. The molecule has 0 bridgehead atoms. The highest BCUT2D eigenvalue weighted by molar-refractivity contribution is 7.16. The molecule has 176 valence electrons. The number of benzene rings is 1. The van der Waals surface area contributed by atoms with Gasteiger partial charge in [-0.25, -0.2) is 4.39 Å².